The summed E-state index contributed by atoms with van der Waals surface area (Å²) in [6, 6.07) is 13.6. The van der Waals surface area contributed by atoms with Gasteiger partial charge in [0.1, 0.15) is 0 Å². The quantitative estimate of drug-likeness (QED) is 0.407. The molecule has 1 aliphatic rings. The molecule has 0 spiro atoms. The van der Waals surface area contributed by atoms with E-state index in [4.69, 9.17) is 0 Å². The number of fused-ring (bicyclic) bond motifs is 2. The van der Waals surface area contributed by atoms with Crippen molar-refractivity contribution in [3.05, 3.63) is 64.7 Å². The molecule has 2 amide bonds. The van der Waals surface area contributed by atoms with Gasteiger partial charge >= 0.3 is 0 Å². The van der Waals surface area contributed by atoms with Crippen molar-refractivity contribution >= 4 is 64.8 Å². The zero-order valence-corrected chi connectivity index (χ0v) is 20.5. The van der Waals surface area contributed by atoms with Crippen molar-refractivity contribution < 1.29 is 18.0 Å². The molecule has 34 heavy (non-hydrogen) atoms. The maximum absolute atomic E-state index is 13.1. The standard InChI is InChI=1S/C23H20N4O4S3/c1-34(30,31)14-10-11-16-18(12-14)33-22(24-16)27-21(29)15-8-5-9-17-19(15)25-23(32-17)26-20(28)13-6-3-2-4-7-13/h2-4,6-7,10-12,15H,5,8-9H2,1H3,(H,24,27,29)(H,25,26,28). The SMILES string of the molecule is CS(=O)(=O)c1ccc2nc(NC(=O)C3CCCc4sc(NC(=O)c5ccccc5)nc43)sc2c1. The Morgan fingerprint density at radius 2 is 1.76 bits per heavy atom. The van der Waals surface area contributed by atoms with Gasteiger partial charge in [-0.2, -0.15) is 0 Å². The van der Waals surface area contributed by atoms with E-state index in [1.54, 1.807) is 36.4 Å². The number of rotatable bonds is 5. The third kappa shape index (κ3) is 4.59. The van der Waals surface area contributed by atoms with Crippen LogP contribution >= 0.6 is 22.7 Å². The van der Waals surface area contributed by atoms with Gasteiger partial charge in [0.25, 0.3) is 5.91 Å². The summed E-state index contributed by atoms with van der Waals surface area (Å²) in [6.07, 6.45) is 3.46. The van der Waals surface area contributed by atoms with Gasteiger partial charge in [0.15, 0.2) is 20.1 Å². The van der Waals surface area contributed by atoms with Crippen LogP contribution in [0.1, 0.15) is 39.7 Å². The summed E-state index contributed by atoms with van der Waals surface area (Å²) in [5, 5.41) is 6.60. The number of carbonyl (C=O) groups is 2. The molecule has 0 aliphatic heterocycles. The van der Waals surface area contributed by atoms with Gasteiger partial charge in [-0.25, -0.2) is 18.4 Å². The number of nitrogens with zero attached hydrogens (tertiary/aromatic N) is 2. The monoisotopic (exact) mass is 512 g/mol. The smallest absolute Gasteiger partial charge is 0.257 e. The molecule has 0 radical (unpaired) electrons. The maximum Gasteiger partial charge on any atom is 0.257 e. The molecule has 4 aromatic rings. The van der Waals surface area contributed by atoms with E-state index >= 15 is 0 Å². The van der Waals surface area contributed by atoms with Gasteiger partial charge in [-0.1, -0.05) is 29.5 Å². The predicted octanol–water partition coefficient (Wildman–Crippen LogP) is 4.47. The van der Waals surface area contributed by atoms with E-state index in [0.29, 0.717) is 38.2 Å². The van der Waals surface area contributed by atoms with Gasteiger partial charge in [-0.15, -0.1) is 11.3 Å². The topological polar surface area (TPSA) is 118 Å². The Balaban J connectivity index is 1.34. The Bertz CT molecular complexity index is 1510. The number of anilines is 2. The number of aryl methyl sites for hydroxylation is 1. The van der Waals surface area contributed by atoms with Crippen LogP contribution in [0.25, 0.3) is 10.2 Å². The first-order chi connectivity index (χ1) is 16.3. The van der Waals surface area contributed by atoms with Crippen molar-refractivity contribution in [1.82, 2.24) is 9.97 Å². The number of amides is 2. The highest BCUT2D eigenvalue weighted by atomic mass is 32.2. The first kappa shape index (κ1) is 22.6. The minimum absolute atomic E-state index is 0.213. The molecule has 174 valence electrons. The van der Waals surface area contributed by atoms with Gasteiger partial charge in [-0.05, 0) is 49.6 Å². The van der Waals surface area contributed by atoms with Crippen molar-refractivity contribution in [2.24, 2.45) is 0 Å². The van der Waals surface area contributed by atoms with E-state index in [2.05, 4.69) is 20.6 Å². The summed E-state index contributed by atoms with van der Waals surface area (Å²) < 4.78 is 24.3. The molecule has 2 aromatic heterocycles. The fourth-order valence-electron chi connectivity index (χ4n) is 3.87. The highest BCUT2D eigenvalue weighted by Crippen LogP contribution is 2.38. The molecule has 1 atom stereocenters. The highest BCUT2D eigenvalue weighted by molar-refractivity contribution is 7.90. The minimum Gasteiger partial charge on any atom is -0.301 e. The molecule has 0 bridgehead atoms. The number of carbonyl (C=O) groups excluding carboxylic acids is 2. The third-order valence-corrected chi connectivity index (χ3v) is 8.64. The van der Waals surface area contributed by atoms with Crippen LogP contribution in [-0.2, 0) is 21.1 Å². The van der Waals surface area contributed by atoms with E-state index in [1.165, 1.54) is 28.7 Å². The van der Waals surface area contributed by atoms with Crippen LogP contribution in [-0.4, -0.2) is 36.5 Å². The summed E-state index contributed by atoms with van der Waals surface area (Å²) in [7, 11) is -3.33. The summed E-state index contributed by atoms with van der Waals surface area (Å²) in [6.45, 7) is 0. The van der Waals surface area contributed by atoms with Gasteiger partial charge in [0, 0.05) is 16.7 Å². The van der Waals surface area contributed by atoms with Gasteiger partial charge in [0.05, 0.1) is 26.7 Å². The molecule has 8 nitrogen and oxygen atoms in total. The van der Waals surface area contributed by atoms with Crippen molar-refractivity contribution in [3.63, 3.8) is 0 Å². The summed E-state index contributed by atoms with van der Waals surface area (Å²) in [5.41, 5.74) is 1.86. The lowest BCUT2D eigenvalue weighted by Gasteiger charge is -2.19. The lowest BCUT2D eigenvalue weighted by atomic mass is 9.90. The zero-order valence-electron chi connectivity index (χ0n) is 18.1. The van der Waals surface area contributed by atoms with Crippen LogP contribution in [0, 0.1) is 0 Å². The van der Waals surface area contributed by atoms with Crippen LogP contribution in [0.3, 0.4) is 0 Å². The number of aromatic nitrogens is 2. The van der Waals surface area contributed by atoms with Crippen LogP contribution < -0.4 is 10.6 Å². The average Bonchev–Trinajstić information content (AvgIpc) is 3.40. The zero-order chi connectivity index (χ0) is 23.9. The van der Waals surface area contributed by atoms with E-state index in [9.17, 15) is 18.0 Å². The van der Waals surface area contributed by atoms with Gasteiger partial charge in [-0.3, -0.25) is 14.9 Å². The molecule has 0 fully saturated rings. The van der Waals surface area contributed by atoms with Crippen molar-refractivity contribution in [3.8, 4) is 0 Å². The van der Waals surface area contributed by atoms with Gasteiger partial charge < -0.3 is 5.32 Å². The number of sulfone groups is 1. The fraction of sp³-hybridized carbons (Fsp3) is 0.217. The number of nitrogens with one attached hydrogen (secondary N) is 2. The third-order valence-electron chi connectivity index (χ3n) is 5.55. The normalized spacial score (nSPS) is 15.6. The second-order valence-corrected chi connectivity index (χ2v) is 12.1. The number of hydrogen-bond acceptors (Lipinski definition) is 8. The van der Waals surface area contributed by atoms with Gasteiger partial charge in [0.2, 0.25) is 5.91 Å². The summed E-state index contributed by atoms with van der Waals surface area (Å²) in [4.78, 5) is 35.8. The number of hydrogen-bond donors (Lipinski definition) is 2. The lowest BCUT2D eigenvalue weighted by molar-refractivity contribution is -0.117. The van der Waals surface area contributed by atoms with Crippen LogP contribution in [0.15, 0.2) is 53.4 Å². The Kier molecular flexibility index (Phi) is 5.92. The minimum atomic E-state index is -3.33. The van der Waals surface area contributed by atoms with E-state index in [1.807, 2.05) is 6.07 Å². The van der Waals surface area contributed by atoms with Crippen LogP contribution in [0.4, 0.5) is 10.3 Å². The maximum atomic E-state index is 13.1. The van der Waals surface area contributed by atoms with Crippen LogP contribution in [0.5, 0.6) is 0 Å². The Morgan fingerprint density at radius 3 is 2.53 bits per heavy atom. The predicted molar refractivity (Wildman–Crippen MR) is 134 cm³/mol. The fourth-order valence-corrected chi connectivity index (χ4v) is 6.56. The molecule has 1 aliphatic carbocycles. The Labute approximate surface area is 204 Å². The summed E-state index contributed by atoms with van der Waals surface area (Å²) >= 11 is 2.63. The average molecular weight is 513 g/mol. The summed E-state index contributed by atoms with van der Waals surface area (Å²) in [5.74, 6) is -0.897. The molecular formula is C23H20N4O4S3. The van der Waals surface area contributed by atoms with Crippen molar-refractivity contribution in [2.75, 3.05) is 16.9 Å². The second kappa shape index (κ2) is 8.90. The Hall–Kier alpha value is -3.15. The lowest BCUT2D eigenvalue weighted by Crippen LogP contribution is -2.24. The highest BCUT2D eigenvalue weighted by Gasteiger charge is 2.31. The largest absolute Gasteiger partial charge is 0.301 e. The first-order valence-corrected chi connectivity index (χ1v) is 14.1. The van der Waals surface area contributed by atoms with Crippen molar-refractivity contribution in [2.45, 2.75) is 30.1 Å². The first-order valence-electron chi connectivity index (χ1n) is 10.6. The van der Waals surface area contributed by atoms with E-state index in [-0.39, 0.29) is 16.7 Å². The molecule has 2 heterocycles. The molecule has 0 saturated carbocycles. The molecule has 0 saturated heterocycles. The molecule has 11 heteroatoms. The Morgan fingerprint density at radius 1 is 1.00 bits per heavy atom. The second-order valence-electron chi connectivity index (χ2n) is 8.00. The number of benzene rings is 2. The molecule has 2 aromatic carbocycles. The molecule has 2 N–H and O–H groups in total. The van der Waals surface area contributed by atoms with E-state index < -0.39 is 15.8 Å². The number of thiazole rings is 2. The molecular weight excluding hydrogens is 492 g/mol. The molecule has 5 rings (SSSR count). The van der Waals surface area contributed by atoms with Crippen molar-refractivity contribution in [1.29, 1.82) is 0 Å². The molecule has 1 unspecified atom stereocenters. The van der Waals surface area contributed by atoms with Crippen LogP contribution in [0.2, 0.25) is 0 Å². The van der Waals surface area contributed by atoms with E-state index in [0.717, 1.165) is 24.0 Å².